The molecule has 0 aromatic rings. The Balaban J connectivity index is 0.000000640. The smallest absolute Gasteiger partial charge is 0.154 e. The zero-order chi connectivity index (χ0) is 6.20. The summed E-state index contributed by atoms with van der Waals surface area (Å²) < 4.78 is 21.1. The molecule has 1 fully saturated rings. The van der Waals surface area contributed by atoms with Crippen molar-refractivity contribution < 1.29 is 8.42 Å². The van der Waals surface area contributed by atoms with Crippen LogP contribution in [0.4, 0.5) is 0 Å². The van der Waals surface area contributed by atoms with Crippen molar-refractivity contribution in [1.29, 1.82) is 0 Å². The van der Waals surface area contributed by atoms with Crippen LogP contribution in [0.25, 0.3) is 0 Å². The van der Waals surface area contributed by atoms with Crippen molar-refractivity contribution in [3.05, 3.63) is 0 Å². The molecule has 0 aromatic carbocycles. The van der Waals surface area contributed by atoms with Gasteiger partial charge in [0.05, 0.1) is 11.0 Å². The fraction of sp³-hybridized carbons (Fsp3) is 1.00. The van der Waals surface area contributed by atoms with Crippen LogP contribution in [0.3, 0.4) is 0 Å². The number of hydrogen-bond acceptors (Lipinski definition) is 3. The van der Waals surface area contributed by atoms with Gasteiger partial charge in [0, 0.05) is 6.54 Å². The highest BCUT2D eigenvalue weighted by atomic mass is 35.5. The normalized spacial score (nSPS) is 30.1. The van der Waals surface area contributed by atoms with Crippen LogP contribution in [-0.2, 0) is 9.84 Å². The van der Waals surface area contributed by atoms with Gasteiger partial charge >= 0.3 is 0 Å². The third-order valence-corrected chi connectivity index (χ3v) is 3.74. The molecular weight excluding hydrogens is 162 g/mol. The third-order valence-electron chi connectivity index (χ3n) is 1.50. The number of sulfone groups is 1. The summed E-state index contributed by atoms with van der Waals surface area (Å²) in [7, 11) is -2.70. The Bertz CT molecular complexity index is 175. The highest BCUT2D eigenvalue weighted by molar-refractivity contribution is 7.93. The number of rotatable bonds is 1. The minimum Gasteiger partial charge on any atom is -0.329 e. The Kier molecular flexibility index (Phi) is 2.92. The van der Waals surface area contributed by atoms with Gasteiger partial charge in [0.25, 0.3) is 0 Å². The Hall–Kier alpha value is 0.200. The molecule has 1 aliphatic rings. The molecule has 56 valence electrons. The minimum absolute atomic E-state index is 0. The van der Waals surface area contributed by atoms with Crippen molar-refractivity contribution in [3.63, 3.8) is 0 Å². The van der Waals surface area contributed by atoms with E-state index in [-0.39, 0.29) is 17.7 Å². The first-order valence-electron chi connectivity index (χ1n) is 2.58. The molecule has 1 atom stereocenters. The molecule has 0 aromatic heterocycles. The molecule has 2 N–H and O–H groups in total. The van der Waals surface area contributed by atoms with Crippen LogP contribution >= 0.6 is 12.4 Å². The van der Waals surface area contributed by atoms with E-state index in [1.807, 2.05) is 0 Å². The van der Waals surface area contributed by atoms with Gasteiger partial charge in [0.15, 0.2) is 9.84 Å². The SMILES string of the molecule is Cl.NCC1CCS1(=O)=O. The second kappa shape index (κ2) is 2.86. The molecule has 9 heavy (non-hydrogen) atoms. The van der Waals surface area contributed by atoms with Gasteiger partial charge in [-0.3, -0.25) is 0 Å². The van der Waals surface area contributed by atoms with Gasteiger partial charge in [-0.15, -0.1) is 12.4 Å². The van der Waals surface area contributed by atoms with Crippen LogP contribution in [-0.4, -0.2) is 26.0 Å². The zero-order valence-corrected chi connectivity index (χ0v) is 6.54. The van der Waals surface area contributed by atoms with Crippen molar-refractivity contribution in [2.24, 2.45) is 5.73 Å². The van der Waals surface area contributed by atoms with Crippen molar-refractivity contribution in [1.82, 2.24) is 0 Å². The molecule has 0 aliphatic carbocycles. The number of halogens is 1. The van der Waals surface area contributed by atoms with E-state index in [0.717, 1.165) is 6.42 Å². The first kappa shape index (κ1) is 9.20. The summed E-state index contributed by atoms with van der Waals surface area (Å²) in [5, 5.41) is -0.220. The van der Waals surface area contributed by atoms with Gasteiger partial charge in [0.1, 0.15) is 0 Å². The lowest BCUT2D eigenvalue weighted by atomic mass is 10.3. The molecule has 0 radical (unpaired) electrons. The maximum Gasteiger partial charge on any atom is 0.154 e. The first-order valence-corrected chi connectivity index (χ1v) is 4.30. The number of nitrogens with two attached hydrogens (primary N) is 1. The Morgan fingerprint density at radius 3 is 2.11 bits per heavy atom. The minimum atomic E-state index is -2.70. The largest absolute Gasteiger partial charge is 0.329 e. The average molecular weight is 172 g/mol. The summed E-state index contributed by atoms with van der Waals surface area (Å²) in [6.45, 7) is 0.294. The topological polar surface area (TPSA) is 60.2 Å². The van der Waals surface area contributed by atoms with Gasteiger partial charge in [-0.2, -0.15) is 0 Å². The standard InChI is InChI=1S/C4H9NO2S.ClH/c5-3-4-1-2-8(4,6)7;/h4H,1-3,5H2;1H. The Morgan fingerprint density at radius 1 is 1.56 bits per heavy atom. The molecule has 1 aliphatic heterocycles. The van der Waals surface area contributed by atoms with Crippen LogP contribution in [0.5, 0.6) is 0 Å². The van der Waals surface area contributed by atoms with Crippen molar-refractivity contribution in [2.45, 2.75) is 11.7 Å². The predicted molar refractivity (Wildman–Crippen MR) is 38.5 cm³/mol. The Labute approximate surface area is 60.9 Å². The molecule has 1 saturated heterocycles. The van der Waals surface area contributed by atoms with E-state index in [4.69, 9.17) is 5.73 Å². The van der Waals surface area contributed by atoms with E-state index in [1.54, 1.807) is 0 Å². The summed E-state index contributed by atoms with van der Waals surface area (Å²) in [5.41, 5.74) is 5.13. The molecular formula is C4H10ClNO2S. The van der Waals surface area contributed by atoms with Gasteiger partial charge in [0.2, 0.25) is 0 Å². The Morgan fingerprint density at radius 2 is 2.11 bits per heavy atom. The van der Waals surface area contributed by atoms with Crippen LogP contribution in [0.2, 0.25) is 0 Å². The number of hydrogen-bond donors (Lipinski definition) is 1. The van der Waals surface area contributed by atoms with Gasteiger partial charge < -0.3 is 5.73 Å². The molecule has 1 rings (SSSR count). The molecule has 5 heteroatoms. The molecule has 1 unspecified atom stereocenters. The maximum atomic E-state index is 10.6. The van der Waals surface area contributed by atoms with Crippen molar-refractivity contribution in [3.8, 4) is 0 Å². The van der Waals surface area contributed by atoms with Gasteiger partial charge in [-0.1, -0.05) is 0 Å². The predicted octanol–water partition coefficient (Wildman–Crippen LogP) is -0.446. The average Bonchev–Trinajstić information content (AvgIpc) is 1.66. The zero-order valence-electron chi connectivity index (χ0n) is 4.91. The molecule has 0 saturated carbocycles. The highest BCUT2D eigenvalue weighted by Gasteiger charge is 2.33. The van der Waals surface area contributed by atoms with E-state index >= 15 is 0 Å². The van der Waals surface area contributed by atoms with Crippen LogP contribution in [0.1, 0.15) is 6.42 Å². The lowest BCUT2D eigenvalue weighted by Crippen LogP contribution is -2.41. The fourth-order valence-corrected chi connectivity index (χ4v) is 1.99. The molecule has 0 bridgehead atoms. The lowest BCUT2D eigenvalue weighted by molar-refractivity contribution is 0.549. The quantitative estimate of drug-likeness (QED) is 0.582. The third kappa shape index (κ3) is 1.56. The summed E-state index contributed by atoms with van der Waals surface area (Å²) in [4.78, 5) is 0. The second-order valence-electron chi connectivity index (χ2n) is 2.01. The van der Waals surface area contributed by atoms with E-state index in [1.165, 1.54) is 0 Å². The summed E-state index contributed by atoms with van der Waals surface area (Å²) in [6.07, 6.45) is 0.763. The summed E-state index contributed by atoms with van der Waals surface area (Å²) >= 11 is 0. The van der Waals surface area contributed by atoms with Gasteiger partial charge in [-0.05, 0) is 6.42 Å². The van der Waals surface area contributed by atoms with Crippen molar-refractivity contribution in [2.75, 3.05) is 12.3 Å². The molecule has 0 amide bonds. The molecule has 3 nitrogen and oxygen atoms in total. The maximum absolute atomic E-state index is 10.6. The van der Waals surface area contributed by atoms with Crippen LogP contribution in [0, 0.1) is 0 Å². The van der Waals surface area contributed by atoms with E-state index in [9.17, 15) is 8.42 Å². The highest BCUT2D eigenvalue weighted by Crippen LogP contribution is 2.18. The van der Waals surface area contributed by atoms with Crippen LogP contribution in [0.15, 0.2) is 0 Å². The fourth-order valence-electron chi connectivity index (χ4n) is 0.741. The second-order valence-corrected chi connectivity index (χ2v) is 4.41. The lowest BCUT2D eigenvalue weighted by Gasteiger charge is -2.23. The summed E-state index contributed by atoms with van der Waals surface area (Å²) in [6, 6.07) is 0. The molecule has 1 heterocycles. The molecule has 0 spiro atoms. The van der Waals surface area contributed by atoms with E-state index in [0.29, 0.717) is 12.3 Å². The van der Waals surface area contributed by atoms with Gasteiger partial charge in [-0.25, -0.2) is 8.42 Å². The van der Waals surface area contributed by atoms with Crippen LogP contribution < -0.4 is 5.73 Å². The van der Waals surface area contributed by atoms with Crippen molar-refractivity contribution >= 4 is 22.2 Å². The summed E-state index contributed by atoms with van der Waals surface area (Å²) in [5.74, 6) is 0.342. The van der Waals surface area contributed by atoms with E-state index in [2.05, 4.69) is 0 Å². The van der Waals surface area contributed by atoms with E-state index < -0.39 is 9.84 Å². The monoisotopic (exact) mass is 171 g/mol. The first-order chi connectivity index (χ1) is 3.67.